The third kappa shape index (κ3) is 6.42. The lowest BCUT2D eigenvalue weighted by molar-refractivity contribution is -0.142. The van der Waals surface area contributed by atoms with E-state index in [1.165, 1.54) is 12.0 Å². The van der Waals surface area contributed by atoms with Crippen molar-refractivity contribution in [3.63, 3.8) is 0 Å². The van der Waals surface area contributed by atoms with Crippen LogP contribution in [0.5, 0.6) is 5.75 Å². The summed E-state index contributed by atoms with van der Waals surface area (Å²) >= 11 is 6.17. The van der Waals surface area contributed by atoms with Gasteiger partial charge < -0.3 is 15.0 Å². The van der Waals surface area contributed by atoms with Crippen LogP contribution in [0.15, 0.2) is 48.5 Å². The molecule has 0 aromatic heterocycles. The van der Waals surface area contributed by atoms with Crippen molar-refractivity contribution in [3.8, 4) is 5.75 Å². The SMILES string of the molecule is CCCCOc1ccc([C@H](C(=O)NC2CCCCC2)N(C(=O)CCl)[C@H]2CCCc3ccccc32)cc1. The molecule has 4 rings (SSSR count). The second-order valence-electron chi connectivity index (χ2n) is 10.1. The van der Waals surface area contributed by atoms with E-state index < -0.39 is 6.04 Å². The molecule has 2 atom stereocenters. The van der Waals surface area contributed by atoms with Gasteiger partial charge in [0.05, 0.1) is 12.6 Å². The maximum Gasteiger partial charge on any atom is 0.247 e. The van der Waals surface area contributed by atoms with Gasteiger partial charge in [-0.3, -0.25) is 9.59 Å². The molecule has 0 saturated heterocycles. The number of unbranched alkanes of at least 4 members (excludes halogenated alkanes) is 1. The van der Waals surface area contributed by atoms with E-state index in [0.717, 1.165) is 74.7 Å². The van der Waals surface area contributed by atoms with Gasteiger partial charge in [-0.05, 0) is 67.3 Å². The molecule has 2 aliphatic rings. The van der Waals surface area contributed by atoms with Crippen molar-refractivity contribution in [2.24, 2.45) is 0 Å². The van der Waals surface area contributed by atoms with E-state index in [1.54, 1.807) is 4.90 Å². The average molecular weight is 511 g/mol. The number of benzene rings is 2. The van der Waals surface area contributed by atoms with E-state index in [0.29, 0.717) is 6.61 Å². The van der Waals surface area contributed by atoms with Gasteiger partial charge in [-0.15, -0.1) is 11.6 Å². The van der Waals surface area contributed by atoms with Gasteiger partial charge in [0.15, 0.2) is 0 Å². The Morgan fingerprint density at radius 3 is 2.50 bits per heavy atom. The van der Waals surface area contributed by atoms with Crippen molar-refractivity contribution < 1.29 is 14.3 Å². The number of ether oxygens (including phenoxy) is 1. The molecule has 0 heterocycles. The predicted octanol–water partition coefficient (Wildman–Crippen LogP) is 6.50. The zero-order valence-electron chi connectivity index (χ0n) is 21.4. The smallest absolute Gasteiger partial charge is 0.247 e. The van der Waals surface area contributed by atoms with Gasteiger partial charge in [0, 0.05) is 6.04 Å². The summed E-state index contributed by atoms with van der Waals surface area (Å²) in [7, 11) is 0. The highest BCUT2D eigenvalue weighted by Crippen LogP contribution is 2.40. The highest BCUT2D eigenvalue weighted by atomic mass is 35.5. The molecule has 2 aromatic rings. The van der Waals surface area contributed by atoms with Gasteiger partial charge in [-0.25, -0.2) is 0 Å². The minimum absolute atomic E-state index is 0.122. The molecule has 0 spiro atoms. The summed E-state index contributed by atoms with van der Waals surface area (Å²) < 4.78 is 5.85. The second-order valence-corrected chi connectivity index (χ2v) is 10.3. The summed E-state index contributed by atoms with van der Waals surface area (Å²) in [5.74, 6) is 0.273. The number of nitrogens with one attached hydrogen (secondary N) is 1. The Morgan fingerprint density at radius 2 is 1.78 bits per heavy atom. The summed E-state index contributed by atoms with van der Waals surface area (Å²) in [5.41, 5.74) is 3.15. The Hall–Kier alpha value is -2.53. The average Bonchev–Trinajstić information content (AvgIpc) is 2.92. The van der Waals surface area contributed by atoms with E-state index >= 15 is 0 Å². The Morgan fingerprint density at radius 1 is 1.03 bits per heavy atom. The molecular formula is C30H39ClN2O3. The normalized spacial score (nSPS) is 18.7. The summed E-state index contributed by atoms with van der Waals surface area (Å²) in [6.45, 7) is 2.80. The molecule has 2 aliphatic carbocycles. The van der Waals surface area contributed by atoms with Crippen LogP contribution < -0.4 is 10.1 Å². The number of rotatable bonds is 10. The maximum atomic E-state index is 13.9. The number of alkyl halides is 1. The minimum Gasteiger partial charge on any atom is -0.494 e. The number of carbonyl (C=O) groups excluding carboxylic acids is 2. The van der Waals surface area contributed by atoms with Crippen LogP contribution in [-0.2, 0) is 16.0 Å². The van der Waals surface area contributed by atoms with Gasteiger partial charge >= 0.3 is 0 Å². The fourth-order valence-electron chi connectivity index (χ4n) is 5.63. The molecule has 0 aliphatic heterocycles. The lowest BCUT2D eigenvalue weighted by Gasteiger charge is -2.41. The van der Waals surface area contributed by atoms with Gasteiger partial charge in [0.25, 0.3) is 0 Å². The van der Waals surface area contributed by atoms with Crippen LogP contribution in [0.4, 0.5) is 0 Å². The van der Waals surface area contributed by atoms with Crippen molar-refractivity contribution in [3.05, 3.63) is 65.2 Å². The van der Waals surface area contributed by atoms with Crippen molar-refractivity contribution in [1.82, 2.24) is 10.2 Å². The first-order valence-electron chi connectivity index (χ1n) is 13.6. The number of carbonyl (C=O) groups is 2. The van der Waals surface area contributed by atoms with E-state index in [1.807, 2.05) is 36.4 Å². The van der Waals surface area contributed by atoms with E-state index in [9.17, 15) is 9.59 Å². The van der Waals surface area contributed by atoms with Crippen LogP contribution >= 0.6 is 11.6 Å². The summed E-state index contributed by atoms with van der Waals surface area (Å²) in [6.07, 6.45) is 10.3. The fraction of sp³-hybridized carbons (Fsp3) is 0.533. The first-order chi connectivity index (χ1) is 17.6. The molecule has 2 aromatic carbocycles. The minimum atomic E-state index is -0.751. The van der Waals surface area contributed by atoms with Crippen LogP contribution in [-0.4, -0.2) is 35.2 Å². The lowest BCUT2D eigenvalue weighted by atomic mass is 9.85. The van der Waals surface area contributed by atoms with Crippen molar-refractivity contribution in [2.45, 2.75) is 89.3 Å². The van der Waals surface area contributed by atoms with Crippen LogP contribution in [0.3, 0.4) is 0 Å². The molecule has 0 unspecified atom stereocenters. The quantitative estimate of drug-likeness (QED) is 0.293. The summed E-state index contributed by atoms with van der Waals surface area (Å²) in [5, 5.41) is 3.29. The third-order valence-corrected chi connectivity index (χ3v) is 7.75. The van der Waals surface area contributed by atoms with Crippen LogP contribution in [0, 0.1) is 0 Å². The number of nitrogens with zero attached hydrogens (tertiary/aromatic N) is 1. The maximum absolute atomic E-state index is 13.9. The Labute approximate surface area is 220 Å². The highest BCUT2D eigenvalue weighted by Gasteiger charge is 2.39. The molecule has 0 radical (unpaired) electrons. The van der Waals surface area contributed by atoms with Crippen molar-refractivity contribution in [1.29, 1.82) is 0 Å². The van der Waals surface area contributed by atoms with Gasteiger partial charge in [0.1, 0.15) is 17.7 Å². The number of halogens is 1. The third-order valence-electron chi connectivity index (χ3n) is 7.52. The van der Waals surface area contributed by atoms with Gasteiger partial charge in [-0.2, -0.15) is 0 Å². The van der Waals surface area contributed by atoms with Crippen molar-refractivity contribution >= 4 is 23.4 Å². The lowest BCUT2D eigenvalue weighted by Crippen LogP contribution is -2.49. The number of hydrogen-bond acceptors (Lipinski definition) is 3. The molecule has 0 bridgehead atoms. The monoisotopic (exact) mass is 510 g/mol. The first-order valence-corrected chi connectivity index (χ1v) is 14.1. The van der Waals surface area contributed by atoms with Gasteiger partial charge in [-0.1, -0.05) is 69.0 Å². The number of fused-ring (bicyclic) bond motifs is 1. The predicted molar refractivity (Wildman–Crippen MR) is 144 cm³/mol. The Kier molecular flexibility index (Phi) is 9.68. The second kappa shape index (κ2) is 13.1. The number of aryl methyl sites for hydroxylation is 1. The Bertz CT molecular complexity index is 1000. The topological polar surface area (TPSA) is 58.6 Å². The Balaban J connectivity index is 1.69. The molecular weight excluding hydrogens is 472 g/mol. The van der Waals surface area contributed by atoms with Crippen molar-refractivity contribution in [2.75, 3.05) is 12.5 Å². The highest BCUT2D eigenvalue weighted by molar-refractivity contribution is 6.27. The summed E-state index contributed by atoms with van der Waals surface area (Å²) in [6, 6.07) is 15.2. The summed E-state index contributed by atoms with van der Waals surface area (Å²) in [4.78, 5) is 29.2. The van der Waals surface area contributed by atoms with E-state index in [4.69, 9.17) is 16.3 Å². The number of amides is 2. The van der Waals surface area contributed by atoms with Crippen LogP contribution in [0.1, 0.15) is 93.5 Å². The molecule has 1 fully saturated rings. The molecule has 6 heteroatoms. The first kappa shape index (κ1) is 26.5. The number of hydrogen-bond donors (Lipinski definition) is 1. The van der Waals surface area contributed by atoms with E-state index in [2.05, 4.69) is 24.4 Å². The molecule has 194 valence electrons. The molecule has 1 N–H and O–H groups in total. The molecule has 2 amide bonds. The fourth-order valence-corrected chi connectivity index (χ4v) is 5.77. The van der Waals surface area contributed by atoms with Crippen LogP contribution in [0.2, 0.25) is 0 Å². The zero-order valence-corrected chi connectivity index (χ0v) is 22.1. The molecule has 1 saturated carbocycles. The zero-order chi connectivity index (χ0) is 25.3. The molecule has 5 nitrogen and oxygen atoms in total. The largest absolute Gasteiger partial charge is 0.494 e. The van der Waals surface area contributed by atoms with E-state index in [-0.39, 0.29) is 29.8 Å². The van der Waals surface area contributed by atoms with Crippen LogP contribution in [0.25, 0.3) is 0 Å². The standard InChI is InChI=1S/C30H39ClN2O3/c1-2-3-20-36-25-18-16-23(17-19-25)29(30(35)32-24-12-5-4-6-13-24)33(28(34)21-31)27-15-9-11-22-10-7-8-14-26(22)27/h7-8,10,14,16-19,24,27,29H,2-6,9,11-13,15,20-21H2,1H3,(H,32,35)/t27-,29+/m0/s1. The van der Waals surface area contributed by atoms with Gasteiger partial charge in [0.2, 0.25) is 11.8 Å². The molecule has 36 heavy (non-hydrogen) atoms.